The molecular weight excluding hydrogens is 305 g/mol. The van der Waals surface area contributed by atoms with E-state index < -0.39 is 11.6 Å². The van der Waals surface area contributed by atoms with Gasteiger partial charge in [0, 0.05) is 0 Å². The number of benzene rings is 2. The molecule has 0 amide bonds. The van der Waals surface area contributed by atoms with Crippen LogP contribution in [0.1, 0.15) is 36.8 Å². The van der Waals surface area contributed by atoms with Gasteiger partial charge >= 0.3 is 0 Å². The summed E-state index contributed by atoms with van der Waals surface area (Å²) in [5.41, 5.74) is 2.06. The van der Waals surface area contributed by atoms with E-state index in [1.165, 1.54) is 12.8 Å². The van der Waals surface area contributed by atoms with Crippen LogP contribution in [-0.4, -0.2) is 14.5 Å². The molecule has 0 bridgehead atoms. The molecule has 0 aromatic heterocycles. The molecule has 2 aromatic carbocycles. The number of hydrogen-bond donors (Lipinski definition) is 0. The molecule has 1 nitrogen and oxygen atoms in total. The molecule has 0 heterocycles. The monoisotopic (exact) mass is 326 g/mol. The Kier molecular flexibility index (Phi) is 4.93. The van der Waals surface area contributed by atoms with Gasteiger partial charge in [-0.25, -0.2) is 8.78 Å². The lowest BCUT2D eigenvalue weighted by atomic mass is 9.84. The Morgan fingerprint density at radius 2 is 1.67 bits per heavy atom. The molecule has 0 N–H and O–H groups in total. The summed E-state index contributed by atoms with van der Waals surface area (Å²) in [4.78, 5) is 0. The van der Waals surface area contributed by atoms with Crippen LogP contribution in [0.4, 0.5) is 8.78 Å². The van der Waals surface area contributed by atoms with Crippen LogP contribution in [0.5, 0.6) is 5.75 Å². The van der Waals surface area contributed by atoms with Gasteiger partial charge in [-0.3, -0.25) is 0 Å². The van der Waals surface area contributed by atoms with Crippen molar-refractivity contribution in [2.45, 2.75) is 39.5 Å². The maximum atomic E-state index is 14.7. The van der Waals surface area contributed by atoms with E-state index in [-0.39, 0.29) is 11.2 Å². The molecule has 24 heavy (non-hydrogen) atoms. The molecular formula is C20H21BF2O. The second kappa shape index (κ2) is 6.96. The fourth-order valence-corrected chi connectivity index (χ4v) is 3.38. The largest absolute Gasteiger partial charge is 0.490 e. The van der Waals surface area contributed by atoms with Crippen LogP contribution in [0, 0.1) is 31.4 Å². The minimum absolute atomic E-state index is 0.0529. The van der Waals surface area contributed by atoms with Crippen LogP contribution in [0.2, 0.25) is 0 Å². The predicted molar refractivity (Wildman–Crippen MR) is 94.1 cm³/mol. The summed E-state index contributed by atoms with van der Waals surface area (Å²) < 4.78 is 34.4. The van der Waals surface area contributed by atoms with Crippen molar-refractivity contribution in [3.8, 4) is 16.9 Å². The first-order chi connectivity index (χ1) is 11.5. The normalized spacial score (nSPS) is 15.0. The summed E-state index contributed by atoms with van der Waals surface area (Å²) in [6, 6.07) is 6.75. The topological polar surface area (TPSA) is 9.23 Å². The van der Waals surface area contributed by atoms with Gasteiger partial charge in [0.2, 0.25) is 0 Å². The van der Waals surface area contributed by atoms with E-state index in [1.807, 2.05) is 0 Å². The summed E-state index contributed by atoms with van der Waals surface area (Å²) in [7, 11) is 5.89. The Balaban J connectivity index is 1.88. The van der Waals surface area contributed by atoms with Crippen molar-refractivity contribution in [1.82, 2.24) is 0 Å². The third-order valence-electron chi connectivity index (χ3n) is 4.96. The molecule has 4 heteroatoms. The summed E-state index contributed by atoms with van der Waals surface area (Å²) in [5.74, 6) is -0.0692. The predicted octanol–water partition coefficient (Wildman–Crippen LogP) is 4.61. The number of aryl methyl sites for hydroxylation is 1. The van der Waals surface area contributed by atoms with Gasteiger partial charge in [-0.15, -0.1) is 0 Å². The van der Waals surface area contributed by atoms with Crippen LogP contribution in [0.15, 0.2) is 24.3 Å². The van der Waals surface area contributed by atoms with Gasteiger partial charge in [0.1, 0.15) is 13.7 Å². The number of rotatable bonds is 4. The first-order valence-corrected chi connectivity index (χ1v) is 8.46. The fraction of sp³-hybridized carbons (Fsp3) is 0.400. The first kappa shape index (κ1) is 17.0. The maximum Gasteiger partial charge on any atom is 0.168 e. The van der Waals surface area contributed by atoms with E-state index in [9.17, 15) is 8.78 Å². The van der Waals surface area contributed by atoms with Crippen molar-refractivity contribution in [3.05, 3.63) is 47.0 Å². The SMILES string of the molecule is [B]c1c(-c2ccc(OCC3CCCC3)c(F)c2C)ccc(C)c1F. The number of halogens is 2. The van der Waals surface area contributed by atoms with Gasteiger partial charge in [0.25, 0.3) is 0 Å². The molecule has 2 radical (unpaired) electrons. The lowest BCUT2D eigenvalue weighted by molar-refractivity contribution is 0.242. The average molecular weight is 326 g/mol. The molecule has 0 atom stereocenters. The van der Waals surface area contributed by atoms with Gasteiger partial charge in [-0.2, -0.15) is 0 Å². The number of hydrogen-bond acceptors (Lipinski definition) is 1. The van der Waals surface area contributed by atoms with E-state index in [0.29, 0.717) is 34.8 Å². The third-order valence-corrected chi connectivity index (χ3v) is 4.96. The van der Waals surface area contributed by atoms with Crippen molar-refractivity contribution >= 4 is 13.3 Å². The van der Waals surface area contributed by atoms with Gasteiger partial charge < -0.3 is 4.74 Å². The lowest BCUT2D eigenvalue weighted by Crippen LogP contribution is -2.15. The average Bonchev–Trinajstić information content (AvgIpc) is 3.08. The second-order valence-electron chi connectivity index (χ2n) is 6.67. The van der Waals surface area contributed by atoms with Crippen molar-refractivity contribution < 1.29 is 13.5 Å². The Hall–Kier alpha value is -1.84. The van der Waals surface area contributed by atoms with E-state index in [1.54, 1.807) is 38.1 Å². The lowest BCUT2D eigenvalue weighted by Gasteiger charge is -2.16. The molecule has 1 fully saturated rings. The fourth-order valence-electron chi connectivity index (χ4n) is 3.38. The molecule has 0 saturated heterocycles. The van der Waals surface area contributed by atoms with Crippen LogP contribution in [-0.2, 0) is 0 Å². The highest BCUT2D eigenvalue weighted by molar-refractivity contribution is 6.36. The minimum atomic E-state index is -0.450. The second-order valence-corrected chi connectivity index (χ2v) is 6.67. The molecule has 1 aliphatic rings. The van der Waals surface area contributed by atoms with Crippen molar-refractivity contribution in [2.75, 3.05) is 6.61 Å². The zero-order valence-electron chi connectivity index (χ0n) is 14.2. The summed E-state index contributed by atoms with van der Waals surface area (Å²) >= 11 is 0. The van der Waals surface area contributed by atoms with Gasteiger partial charge in [0.15, 0.2) is 11.6 Å². The Morgan fingerprint density at radius 3 is 2.38 bits per heavy atom. The summed E-state index contributed by atoms with van der Waals surface area (Å²) in [5, 5.41) is 0. The van der Waals surface area contributed by atoms with Gasteiger partial charge in [0.05, 0.1) is 6.61 Å². The van der Waals surface area contributed by atoms with E-state index in [4.69, 9.17) is 12.6 Å². The quantitative estimate of drug-likeness (QED) is 0.746. The molecule has 1 aliphatic carbocycles. The van der Waals surface area contributed by atoms with Crippen LogP contribution in [0.3, 0.4) is 0 Å². The maximum absolute atomic E-state index is 14.7. The smallest absolute Gasteiger partial charge is 0.168 e. The van der Waals surface area contributed by atoms with Gasteiger partial charge in [-0.05, 0) is 60.9 Å². The van der Waals surface area contributed by atoms with Crippen molar-refractivity contribution in [2.24, 2.45) is 5.92 Å². The molecule has 124 valence electrons. The summed E-state index contributed by atoms with van der Waals surface area (Å²) in [6.45, 7) is 3.88. The van der Waals surface area contributed by atoms with E-state index in [2.05, 4.69) is 0 Å². The molecule has 0 unspecified atom stereocenters. The van der Waals surface area contributed by atoms with E-state index in [0.717, 1.165) is 12.8 Å². The highest BCUT2D eigenvalue weighted by Gasteiger charge is 2.19. The third kappa shape index (κ3) is 3.19. The van der Waals surface area contributed by atoms with Crippen molar-refractivity contribution in [3.63, 3.8) is 0 Å². The first-order valence-electron chi connectivity index (χ1n) is 8.46. The highest BCUT2D eigenvalue weighted by atomic mass is 19.1. The molecule has 3 rings (SSSR count). The van der Waals surface area contributed by atoms with Crippen LogP contribution >= 0.6 is 0 Å². The molecule has 0 spiro atoms. The zero-order chi connectivity index (χ0) is 17.3. The Labute approximate surface area is 143 Å². The van der Waals surface area contributed by atoms with Gasteiger partial charge in [-0.1, -0.05) is 36.5 Å². The zero-order valence-corrected chi connectivity index (χ0v) is 14.2. The minimum Gasteiger partial charge on any atom is -0.490 e. The molecule has 2 aromatic rings. The Bertz CT molecular complexity index is 752. The summed E-state index contributed by atoms with van der Waals surface area (Å²) in [6.07, 6.45) is 4.76. The van der Waals surface area contributed by atoms with Crippen LogP contribution in [0.25, 0.3) is 11.1 Å². The standard InChI is InChI=1S/C20H21BF2O/c1-12-7-8-16(18(21)19(12)22)15-9-10-17(20(23)13(15)2)24-11-14-5-3-4-6-14/h7-10,14H,3-6,11H2,1-2H3. The molecule has 0 aliphatic heterocycles. The molecule has 1 saturated carbocycles. The van der Waals surface area contributed by atoms with E-state index >= 15 is 0 Å². The number of ether oxygens (including phenoxy) is 1. The Morgan fingerprint density at radius 1 is 1.00 bits per heavy atom. The highest BCUT2D eigenvalue weighted by Crippen LogP contribution is 2.32. The van der Waals surface area contributed by atoms with Crippen LogP contribution < -0.4 is 10.2 Å². The van der Waals surface area contributed by atoms with Crippen molar-refractivity contribution in [1.29, 1.82) is 0 Å².